The number of carbonyl (C=O) groups is 1. The summed E-state index contributed by atoms with van der Waals surface area (Å²) in [5.41, 5.74) is 6.20. The number of hydrogen-bond donors (Lipinski definition) is 1. The van der Waals surface area contributed by atoms with E-state index in [0.29, 0.717) is 5.70 Å². The number of rotatable bonds is 3. The van der Waals surface area contributed by atoms with Crippen molar-refractivity contribution in [2.75, 3.05) is 13.6 Å². The largest absolute Gasteiger partial charge is 0.433 e. The third kappa shape index (κ3) is 4.64. The van der Waals surface area contributed by atoms with Crippen molar-refractivity contribution in [2.45, 2.75) is 52.7 Å². The second-order valence-corrected chi connectivity index (χ2v) is 8.74. The first-order chi connectivity index (χ1) is 13.7. The number of likely N-dealkylation sites (N-methyl/N-ethyl adjacent to an activating group) is 1. The number of allylic oxidation sites excluding steroid dienone is 5. The van der Waals surface area contributed by atoms with E-state index in [1.807, 2.05) is 31.2 Å². The summed E-state index contributed by atoms with van der Waals surface area (Å²) < 4.78 is 5.60. The van der Waals surface area contributed by atoms with Crippen LogP contribution in [0.25, 0.3) is 0 Å². The van der Waals surface area contributed by atoms with E-state index < -0.39 is 6.23 Å². The molecule has 29 heavy (non-hydrogen) atoms. The molecule has 1 unspecified atom stereocenters. The number of carbonyl (C=O) groups excluding carboxylic acids is 1. The molecule has 0 aliphatic carbocycles. The lowest BCUT2D eigenvalue weighted by atomic mass is 9.86. The topological polar surface area (TPSA) is 41.6 Å². The third-order valence-electron chi connectivity index (χ3n) is 5.49. The summed E-state index contributed by atoms with van der Waals surface area (Å²) in [5, 5.41) is 3.26. The van der Waals surface area contributed by atoms with Crippen molar-refractivity contribution in [1.29, 1.82) is 0 Å². The fraction of sp³-hybridized carbons (Fsp3) is 0.400. The lowest BCUT2D eigenvalue weighted by molar-refractivity contribution is -0.139. The van der Waals surface area contributed by atoms with Crippen molar-refractivity contribution < 1.29 is 9.53 Å². The van der Waals surface area contributed by atoms with Crippen molar-refractivity contribution in [2.24, 2.45) is 0 Å². The molecule has 2 aliphatic rings. The van der Waals surface area contributed by atoms with Gasteiger partial charge in [0.2, 0.25) is 0 Å². The normalized spacial score (nSPS) is 22.1. The number of ether oxygens (including phenoxy) is 1. The molecule has 2 aliphatic heterocycles. The standard InChI is InChI=1S/C25H32N2O2/c1-7-9-22-17(2)19(10-8-15-27(22)6)16-21-24(28)29-23(26-21)18-11-13-20(14-12-18)25(3,4)5/h7,9-14,16,23,26H,8,15H2,1-6H3/b9-7-,21-16+. The minimum absolute atomic E-state index is 0.0943. The highest BCUT2D eigenvalue weighted by atomic mass is 16.6. The molecule has 0 saturated carbocycles. The van der Waals surface area contributed by atoms with Crippen LogP contribution in [0.4, 0.5) is 0 Å². The Morgan fingerprint density at radius 1 is 1.21 bits per heavy atom. The molecule has 1 aromatic rings. The summed E-state index contributed by atoms with van der Waals surface area (Å²) >= 11 is 0. The molecule has 0 bridgehead atoms. The molecular weight excluding hydrogens is 360 g/mol. The molecule has 1 atom stereocenters. The Hall–Kier alpha value is -2.75. The van der Waals surface area contributed by atoms with Gasteiger partial charge in [-0.05, 0) is 54.5 Å². The predicted molar refractivity (Wildman–Crippen MR) is 118 cm³/mol. The average Bonchev–Trinajstić information content (AvgIpc) is 2.98. The fourth-order valence-electron chi connectivity index (χ4n) is 3.66. The zero-order valence-corrected chi connectivity index (χ0v) is 18.4. The Bertz CT molecular complexity index is 896. The van der Waals surface area contributed by atoms with Crippen LogP contribution in [0.15, 0.2) is 71.1 Å². The minimum atomic E-state index is -0.448. The molecule has 1 aromatic carbocycles. The smallest absolute Gasteiger partial charge is 0.356 e. The average molecular weight is 393 g/mol. The van der Waals surface area contributed by atoms with Crippen LogP contribution in [0.1, 0.15) is 58.4 Å². The van der Waals surface area contributed by atoms with Crippen LogP contribution in [-0.4, -0.2) is 24.5 Å². The molecule has 154 valence electrons. The molecule has 3 rings (SSSR count). The molecule has 0 spiro atoms. The molecule has 1 N–H and O–H groups in total. The van der Waals surface area contributed by atoms with Crippen molar-refractivity contribution in [3.8, 4) is 0 Å². The Balaban J connectivity index is 1.84. The van der Waals surface area contributed by atoms with Gasteiger partial charge in [-0.2, -0.15) is 0 Å². The molecule has 0 aromatic heterocycles. The predicted octanol–water partition coefficient (Wildman–Crippen LogP) is 5.13. The monoisotopic (exact) mass is 392 g/mol. The number of hydrogen-bond acceptors (Lipinski definition) is 4. The van der Waals surface area contributed by atoms with Gasteiger partial charge in [0, 0.05) is 24.9 Å². The van der Waals surface area contributed by atoms with Gasteiger partial charge in [0.05, 0.1) is 0 Å². The van der Waals surface area contributed by atoms with Crippen molar-refractivity contribution in [1.82, 2.24) is 10.2 Å². The Labute approximate surface area is 174 Å². The van der Waals surface area contributed by atoms with E-state index >= 15 is 0 Å². The Morgan fingerprint density at radius 3 is 2.52 bits per heavy atom. The first kappa shape index (κ1) is 21.0. The molecule has 2 heterocycles. The van der Waals surface area contributed by atoms with Crippen LogP contribution in [0, 0.1) is 0 Å². The lowest BCUT2D eigenvalue weighted by Crippen LogP contribution is -2.17. The maximum absolute atomic E-state index is 12.5. The zero-order chi connectivity index (χ0) is 21.2. The van der Waals surface area contributed by atoms with E-state index in [0.717, 1.165) is 29.7 Å². The number of nitrogens with zero attached hydrogens (tertiary/aromatic N) is 1. The summed E-state index contributed by atoms with van der Waals surface area (Å²) in [5.74, 6) is -0.311. The van der Waals surface area contributed by atoms with E-state index in [9.17, 15) is 4.79 Å². The van der Waals surface area contributed by atoms with Gasteiger partial charge in [-0.1, -0.05) is 57.2 Å². The van der Waals surface area contributed by atoms with E-state index in [1.165, 1.54) is 11.3 Å². The third-order valence-corrected chi connectivity index (χ3v) is 5.49. The van der Waals surface area contributed by atoms with Gasteiger partial charge in [0.1, 0.15) is 5.70 Å². The molecule has 1 saturated heterocycles. The molecule has 4 heteroatoms. The number of esters is 1. The van der Waals surface area contributed by atoms with E-state index in [-0.39, 0.29) is 11.4 Å². The summed E-state index contributed by atoms with van der Waals surface area (Å²) in [6, 6.07) is 8.27. The van der Waals surface area contributed by atoms with Crippen LogP contribution in [0.2, 0.25) is 0 Å². The quantitative estimate of drug-likeness (QED) is 0.572. The Morgan fingerprint density at radius 2 is 1.90 bits per heavy atom. The molecule has 4 nitrogen and oxygen atoms in total. The summed E-state index contributed by atoms with van der Waals surface area (Å²) in [7, 11) is 2.10. The summed E-state index contributed by atoms with van der Waals surface area (Å²) in [6.07, 6.45) is 8.76. The number of cyclic esters (lactones) is 1. The van der Waals surface area contributed by atoms with E-state index in [1.54, 1.807) is 0 Å². The SMILES string of the molecule is C/C=C\C1=C(C)C(/C=C2/NC(c3ccc(C(C)(C)C)cc3)OC2=O)=CCCN1C. The fourth-order valence-corrected chi connectivity index (χ4v) is 3.66. The van der Waals surface area contributed by atoms with Gasteiger partial charge in [0.25, 0.3) is 0 Å². The minimum Gasteiger partial charge on any atom is -0.433 e. The Kier molecular flexibility index (Phi) is 6.02. The maximum atomic E-state index is 12.5. The van der Waals surface area contributed by atoms with Crippen LogP contribution < -0.4 is 5.32 Å². The zero-order valence-electron chi connectivity index (χ0n) is 18.4. The van der Waals surface area contributed by atoms with Crippen LogP contribution in [0.5, 0.6) is 0 Å². The second kappa shape index (κ2) is 8.32. The van der Waals surface area contributed by atoms with Gasteiger partial charge in [-0.25, -0.2) is 4.79 Å². The molecular formula is C25H32N2O2. The van der Waals surface area contributed by atoms with Gasteiger partial charge in [0.15, 0.2) is 6.23 Å². The number of nitrogens with one attached hydrogen (secondary N) is 1. The first-order valence-corrected chi connectivity index (χ1v) is 10.3. The molecule has 0 radical (unpaired) electrons. The lowest BCUT2D eigenvalue weighted by Gasteiger charge is -2.20. The van der Waals surface area contributed by atoms with Crippen molar-refractivity contribution in [3.05, 3.63) is 82.2 Å². The van der Waals surface area contributed by atoms with Crippen LogP contribution in [-0.2, 0) is 14.9 Å². The molecule has 1 fully saturated rings. The van der Waals surface area contributed by atoms with Crippen LogP contribution in [0.3, 0.4) is 0 Å². The first-order valence-electron chi connectivity index (χ1n) is 10.3. The maximum Gasteiger partial charge on any atom is 0.356 e. The van der Waals surface area contributed by atoms with Crippen molar-refractivity contribution >= 4 is 5.97 Å². The highest BCUT2D eigenvalue weighted by Gasteiger charge is 2.30. The van der Waals surface area contributed by atoms with Gasteiger partial charge in [-0.15, -0.1) is 0 Å². The van der Waals surface area contributed by atoms with Crippen molar-refractivity contribution in [3.63, 3.8) is 0 Å². The van der Waals surface area contributed by atoms with E-state index in [2.05, 4.69) is 69.2 Å². The van der Waals surface area contributed by atoms with Gasteiger partial charge >= 0.3 is 5.97 Å². The summed E-state index contributed by atoms with van der Waals surface area (Å²) in [6.45, 7) is 11.6. The van der Waals surface area contributed by atoms with Crippen LogP contribution >= 0.6 is 0 Å². The molecule has 0 amide bonds. The van der Waals surface area contributed by atoms with Gasteiger partial charge < -0.3 is 15.0 Å². The number of benzene rings is 1. The summed E-state index contributed by atoms with van der Waals surface area (Å²) in [4.78, 5) is 14.7. The van der Waals surface area contributed by atoms with Gasteiger partial charge in [-0.3, -0.25) is 0 Å². The highest BCUT2D eigenvalue weighted by Crippen LogP contribution is 2.29. The highest BCUT2D eigenvalue weighted by molar-refractivity contribution is 5.90. The second-order valence-electron chi connectivity index (χ2n) is 8.74. The van der Waals surface area contributed by atoms with E-state index in [4.69, 9.17) is 4.74 Å².